The van der Waals surface area contributed by atoms with Crippen LogP contribution in [-0.4, -0.2) is 46.5 Å². The van der Waals surface area contributed by atoms with Crippen molar-refractivity contribution in [1.29, 1.82) is 0 Å². The first kappa shape index (κ1) is 28.7. The summed E-state index contributed by atoms with van der Waals surface area (Å²) in [5.41, 5.74) is 1.87. The van der Waals surface area contributed by atoms with Crippen LogP contribution in [0.15, 0.2) is 72.6 Å². The predicted octanol–water partition coefficient (Wildman–Crippen LogP) is 6.07. The number of carbonyl (C=O) groups excluding carboxylic acids is 2. The lowest BCUT2D eigenvalue weighted by Gasteiger charge is -2.26. The quantitative estimate of drug-likeness (QED) is 0.121. The molecule has 0 spiro atoms. The van der Waals surface area contributed by atoms with Crippen LogP contribution in [-0.2, 0) is 16.1 Å². The van der Waals surface area contributed by atoms with Crippen molar-refractivity contribution < 1.29 is 28.9 Å². The number of aromatic nitrogens is 1. The number of hydrogen-bond donors (Lipinski definition) is 1. The summed E-state index contributed by atoms with van der Waals surface area (Å²) in [6.07, 6.45) is 6.36. The molecule has 2 aromatic carbocycles. The van der Waals surface area contributed by atoms with Gasteiger partial charge in [0.1, 0.15) is 11.5 Å². The Morgan fingerprint density at radius 2 is 1.60 bits per heavy atom. The van der Waals surface area contributed by atoms with Crippen molar-refractivity contribution in [2.24, 2.45) is 0 Å². The molecule has 210 valence electrons. The number of amides is 1. The van der Waals surface area contributed by atoms with Crippen LogP contribution in [0.2, 0.25) is 0 Å². The van der Waals surface area contributed by atoms with E-state index in [9.17, 15) is 14.7 Å². The summed E-state index contributed by atoms with van der Waals surface area (Å²) in [6.45, 7) is 7.55. The molecule has 0 bridgehead atoms. The molecule has 1 fully saturated rings. The van der Waals surface area contributed by atoms with Crippen molar-refractivity contribution >= 4 is 17.4 Å². The Labute approximate surface area is 235 Å². The highest BCUT2D eigenvalue weighted by molar-refractivity contribution is 6.46. The molecule has 0 aliphatic carbocycles. The Balaban J connectivity index is 1.79. The summed E-state index contributed by atoms with van der Waals surface area (Å²) in [4.78, 5) is 32.4. The Bertz CT molecular complexity index is 1340. The average Bonchev–Trinajstić information content (AvgIpc) is 3.22. The standard InChI is InChI=1S/C32H36N2O6/c1-4-7-8-19-40-26-14-11-24(20-27(26)39-6-3)29-28(30(35)23-9-12-25(13-10-23)38-5-2)31(36)32(37)34(29)21-22-15-17-33-18-16-22/h9-18,20,29,35H,4-8,19,21H2,1-3H3/b30-28+. The van der Waals surface area contributed by atoms with Crippen LogP contribution in [0.1, 0.15) is 62.8 Å². The van der Waals surface area contributed by atoms with Crippen LogP contribution in [0, 0.1) is 0 Å². The molecular formula is C32H36N2O6. The van der Waals surface area contributed by atoms with E-state index in [1.807, 2.05) is 19.9 Å². The van der Waals surface area contributed by atoms with E-state index in [1.54, 1.807) is 60.9 Å². The molecule has 1 unspecified atom stereocenters. The molecule has 40 heavy (non-hydrogen) atoms. The lowest BCUT2D eigenvalue weighted by molar-refractivity contribution is -0.140. The second-order valence-corrected chi connectivity index (χ2v) is 9.43. The Kier molecular flexibility index (Phi) is 9.78. The monoisotopic (exact) mass is 544 g/mol. The van der Waals surface area contributed by atoms with Gasteiger partial charge in [-0.2, -0.15) is 0 Å². The van der Waals surface area contributed by atoms with Gasteiger partial charge in [0.05, 0.1) is 31.4 Å². The van der Waals surface area contributed by atoms with Crippen molar-refractivity contribution in [2.75, 3.05) is 19.8 Å². The molecule has 1 amide bonds. The molecule has 1 saturated heterocycles. The summed E-state index contributed by atoms with van der Waals surface area (Å²) in [5.74, 6) is 0.0768. The minimum atomic E-state index is -0.840. The molecule has 1 N–H and O–H groups in total. The van der Waals surface area contributed by atoms with E-state index >= 15 is 0 Å². The lowest BCUT2D eigenvalue weighted by Crippen LogP contribution is -2.29. The number of unbranched alkanes of at least 4 members (excludes halogenated alkanes) is 2. The van der Waals surface area contributed by atoms with Gasteiger partial charge in [-0.3, -0.25) is 14.6 Å². The van der Waals surface area contributed by atoms with Crippen LogP contribution >= 0.6 is 0 Å². The van der Waals surface area contributed by atoms with Gasteiger partial charge in [0.2, 0.25) is 0 Å². The van der Waals surface area contributed by atoms with Crippen molar-refractivity contribution in [3.8, 4) is 17.2 Å². The van der Waals surface area contributed by atoms with Gasteiger partial charge >= 0.3 is 0 Å². The highest BCUT2D eigenvalue weighted by Crippen LogP contribution is 2.43. The van der Waals surface area contributed by atoms with Crippen molar-refractivity contribution in [3.63, 3.8) is 0 Å². The first-order valence-corrected chi connectivity index (χ1v) is 13.8. The maximum absolute atomic E-state index is 13.5. The van der Waals surface area contributed by atoms with Gasteiger partial charge in [-0.05, 0) is 79.9 Å². The van der Waals surface area contributed by atoms with E-state index in [-0.39, 0.29) is 17.9 Å². The van der Waals surface area contributed by atoms with Gasteiger partial charge in [0, 0.05) is 24.5 Å². The molecule has 4 rings (SSSR count). The van der Waals surface area contributed by atoms with Crippen LogP contribution in [0.3, 0.4) is 0 Å². The largest absolute Gasteiger partial charge is 0.507 e. The van der Waals surface area contributed by atoms with E-state index in [1.165, 1.54) is 4.90 Å². The third-order valence-corrected chi connectivity index (χ3v) is 6.67. The van der Waals surface area contributed by atoms with E-state index in [2.05, 4.69) is 11.9 Å². The van der Waals surface area contributed by atoms with Gasteiger partial charge in [0.15, 0.2) is 11.5 Å². The fourth-order valence-electron chi connectivity index (χ4n) is 4.72. The van der Waals surface area contributed by atoms with Crippen LogP contribution < -0.4 is 14.2 Å². The molecule has 1 aliphatic rings. The number of ether oxygens (including phenoxy) is 3. The number of rotatable bonds is 13. The smallest absolute Gasteiger partial charge is 0.295 e. The molecule has 1 aromatic heterocycles. The number of ketones is 1. The summed E-state index contributed by atoms with van der Waals surface area (Å²) >= 11 is 0. The first-order valence-electron chi connectivity index (χ1n) is 13.8. The Hall–Kier alpha value is -4.33. The zero-order valence-corrected chi connectivity index (χ0v) is 23.3. The number of aliphatic hydroxyl groups excluding tert-OH is 1. The number of nitrogens with zero attached hydrogens (tertiary/aromatic N) is 2. The molecule has 8 nitrogen and oxygen atoms in total. The van der Waals surface area contributed by atoms with E-state index < -0.39 is 17.7 Å². The zero-order chi connectivity index (χ0) is 28.5. The third kappa shape index (κ3) is 6.45. The third-order valence-electron chi connectivity index (χ3n) is 6.67. The van der Waals surface area contributed by atoms with E-state index in [4.69, 9.17) is 14.2 Å². The van der Waals surface area contributed by atoms with Gasteiger partial charge in [0.25, 0.3) is 11.7 Å². The maximum atomic E-state index is 13.5. The molecule has 0 saturated carbocycles. The topological polar surface area (TPSA) is 98.2 Å². The maximum Gasteiger partial charge on any atom is 0.295 e. The number of hydrogen-bond acceptors (Lipinski definition) is 7. The summed E-state index contributed by atoms with van der Waals surface area (Å²) in [5, 5.41) is 11.4. The van der Waals surface area contributed by atoms with Crippen molar-refractivity contribution in [2.45, 2.75) is 52.6 Å². The van der Waals surface area contributed by atoms with Crippen LogP contribution in [0.4, 0.5) is 0 Å². The van der Waals surface area contributed by atoms with Crippen molar-refractivity contribution in [3.05, 3.63) is 89.3 Å². The molecular weight excluding hydrogens is 508 g/mol. The summed E-state index contributed by atoms with van der Waals surface area (Å²) < 4.78 is 17.4. The SMILES string of the molecule is CCCCCOc1ccc(C2/C(=C(\O)c3ccc(OCC)cc3)C(=O)C(=O)N2Cc2ccncc2)cc1OCC. The second kappa shape index (κ2) is 13.6. The Morgan fingerprint density at radius 1 is 0.875 bits per heavy atom. The number of aliphatic hydroxyl groups is 1. The van der Waals surface area contributed by atoms with Crippen LogP contribution in [0.5, 0.6) is 17.2 Å². The number of pyridine rings is 1. The molecule has 1 atom stereocenters. The number of carbonyl (C=O) groups is 2. The number of Topliss-reactive ketones (excluding diaryl/α,β-unsaturated/α-hetero) is 1. The molecule has 2 heterocycles. The van der Waals surface area contributed by atoms with E-state index in [0.29, 0.717) is 48.2 Å². The highest BCUT2D eigenvalue weighted by Gasteiger charge is 2.46. The molecule has 1 aliphatic heterocycles. The number of benzene rings is 2. The predicted molar refractivity (Wildman–Crippen MR) is 152 cm³/mol. The summed E-state index contributed by atoms with van der Waals surface area (Å²) in [7, 11) is 0. The lowest BCUT2D eigenvalue weighted by atomic mass is 9.94. The minimum Gasteiger partial charge on any atom is -0.507 e. The molecule has 8 heteroatoms. The van der Waals surface area contributed by atoms with Gasteiger partial charge in [-0.25, -0.2) is 0 Å². The first-order chi connectivity index (χ1) is 19.5. The Morgan fingerprint density at radius 3 is 2.27 bits per heavy atom. The average molecular weight is 545 g/mol. The van der Waals surface area contributed by atoms with Gasteiger partial charge in [-0.1, -0.05) is 25.8 Å². The summed E-state index contributed by atoms with van der Waals surface area (Å²) in [6, 6.07) is 14.9. The molecule has 0 radical (unpaired) electrons. The van der Waals surface area contributed by atoms with Crippen molar-refractivity contribution in [1.82, 2.24) is 9.88 Å². The normalized spacial score (nSPS) is 16.3. The molecule has 3 aromatic rings. The fourth-order valence-corrected chi connectivity index (χ4v) is 4.72. The second-order valence-electron chi connectivity index (χ2n) is 9.43. The minimum absolute atomic E-state index is 0.0160. The van der Waals surface area contributed by atoms with Gasteiger partial charge < -0.3 is 24.2 Å². The fraction of sp³-hybridized carbons (Fsp3) is 0.344. The van der Waals surface area contributed by atoms with Crippen LogP contribution in [0.25, 0.3) is 5.76 Å². The number of likely N-dealkylation sites (tertiary alicyclic amines) is 1. The van der Waals surface area contributed by atoms with E-state index in [0.717, 1.165) is 24.8 Å². The van der Waals surface area contributed by atoms with Gasteiger partial charge in [-0.15, -0.1) is 0 Å². The highest BCUT2D eigenvalue weighted by atomic mass is 16.5. The zero-order valence-electron chi connectivity index (χ0n) is 23.3.